The van der Waals surface area contributed by atoms with Crippen LogP contribution >= 0.6 is 0 Å². The Hall–Kier alpha value is -3.07. The second kappa shape index (κ2) is 10.0. The molecule has 2 atom stereocenters. The number of alkyl halides is 2. The Morgan fingerprint density at radius 1 is 1.22 bits per heavy atom. The van der Waals surface area contributed by atoms with Crippen molar-refractivity contribution < 1.29 is 33.0 Å². The molecule has 2 N–H and O–H groups in total. The minimum Gasteiger partial charge on any atom is -0.480 e. The summed E-state index contributed by atoms with van der Waals surface area (Å²) < 4.78 is 34.4. The Morgan fingerprint density at radius 2 is 1.94 bits per heavy atom. The van der Waals surface area contributed by atoms with Gasteiger partial charge < -0.3 is 20.1 Å². The predicted molar refractivity (Wildman–Crippen MR) is 112 cm³/mol. The molecule has 1 unspecified atom stereocenters. The van der Waals surface area contributed by atoms with Crippen LogP contribution in [0.15, 0.2) is 48.1 Å². The summed E-state index contributed by atoms with van der Waals surface area (Å²) in [5, 5.41) is 11.8. The molecule has 0 saturated carbocycles. The standard InChI is InChI=1S/C23H26F2N2O5/c1-32-14-15-11-19(22(30)31)27(13-15)20(28)12-26-21(29)16-7-9-18(10-8-16)23(24,25)17-5-3-2-4-6-17/h3,5-10,15,19H,2,4,11-14H2,1H3,(H,26,29)(H,30,31)/t15?,19-/m0/s1. The fraction of sp³-hybridized carbons (Fsp3) is 0.435. The summed E-state index contributed by atoms with van der Waals surface area (Å²) in [6.45, 7) is 0.176. The van der Waals surface area contributed by atoms with E-state index in [4.69, 9.17) is 4.74 Å². The lowest BCUT2D eigenvalue weighted by Crippen LogP contribution is -2.45. The molecule has 0 radical (unpaired) electrons. The number of rotatable bonds is 8. The predicted octanol–water partition coefficient (Wildman–Crippen LogP) is 2.73. The first-order valence-electron chi connectivity index (χ1n) is 10.4. The van der Waals surface area contributed by atoms with E-state index >= 15 is 0 Å². The molecule has 172 valence electrons. The van der Waals surface area contributed by atoms with Gasteiger partial charge in [-0.2, -0.15) is 8.78 Å². The number of methoxy groups -OCH3 is 1. The number of nitrogens with one attached hydrogen (secondary N) is 1. The SMILES string of the molecule is COCC1C[C@@H](C(=O)O)N(C(=O)CNC(=O)c2ccc(C(F)(F)C3=CCCC=C3)cc2)C1. The number of benzene rings is 1. The van der Waals surface area contributed by atoms with Gasteiger partial charge in [-0.05, 0) is 31.4 Å². The van der Waals surface area contributed by atoms with Crippen molar-refractivity contribution in [2.75, 3.05) is 26.8 Å². The molecule has 32 heavy (non-hydrogen) atoms. The van der Waals surface area contributed by atoms with Crippen LogP contribution in [0.4, 0.5) is 8.78 Å². The van der Waals surface area contributed by atoms with Crippen molar-refractivity contribution >= 4 is 17.8 Å². The van der Waals surface area contributed by atoms with Crippen LogP contribution in [0.25, 0.3) is 0 Å². The number of likely N-dealkylation sites (tertiary alicyclic amines) is 1. The van der Waals surface area contributed by atoms with Crippen LogP contribution in [-0.4, -0.2) is 60.6 Å². The van der Waals surface area contributed by atoms with Gasteiger partial charge in [0.15, 0.2) is 0 Å². The maximum atomic E-state index is 14.7. The number of allylic oxidation sites excluding steroid dienone is 4. The third-order valence-electron chi connectivity index (χ3n) is 5.66. The van der Waals surface area contributed by atoms with Gasteiger partial charge in [-0.25, -0.2) is 4.79 Å². The van der Waals surface area contributed by atoms with Crippen LogP contribution in [-0.2, 0) is 20.2 Å². The second-order valence-electron chi connectivity index (χ2n) is 7.93. The number of halogens is 2. The van der Waals surface area contributed by atoms with Crippen LogP contribution in [0.2, 0.25) is 0 Å². The number of hydrogen-bond donors (Lipinski definition) is 2. The van der Waals surface area contributed by atoms with Crippen molar-refractivity contribution in [3.63, 3.8) is 0 Å². The number of ether oxygens (including phenoxy) is 1. The number of hydrogen-bond acceptors (Lipinski definition) is 4. The molecule has 0 aromatic heterocycles. The highest BCUT2D eigenvalue weighted by Gasteiger charge is 2.39. The second-order valence-corrected chi connectivity index (χ2v) is 7.93. The lowest BCUT2D eigenvalue weighted by atomic mass is 9.95. The summed E-state index contributed by atoms with van der Waals surface area (Å²) in [6.07, 6.45) is 6.19. The molecule has 2 amide bonds. The topological polar surface area (TPSA) is 95.9 Å². The van der Waals surface area contributed by atoms with Gasteiger partial charge >= 0.3 is 5.97 Å². The Morgan fingerprint density at radius 3 is 2.53 bits per heavy atom. The average Bonchev–Trinajstić information content (AvgIpc) is 3.22. The first-order chi connectivity index (χ1) is 15.2. The Kier molecular flexibility index (Phi) is 7.40. The number of carbonyl (C=O) groups is 3. The minimum atomic E-state index is -3.16. The van der Waals surface area contributed by atoms with Crippen molar-refractivity contribution in [1.29, 1.82) is 0 Å². The number of nitrogens with zero attached hydrogens (tertiary/aromatic N) is 1. The highest BCUT2D eigenvalue weighted by atomic mass is 19.3. The van der Waals surface area contributed by atoms with E-state index in [1.807, 2.05) is 0 Å². The quantitative estimate of drug-likeness (QED) is 0.638. The lowest BCUT2D eigenvalue weighted by Gasteiger charge is -2.22. The molecule has 0 spiro atoms. The summed E-state index contributed by atoms with van der Waals surface area (Å²) in [5.41, 5.74) is -0.176. The number of amides is 2. The van der Waals surface area contributed by atoms with Gasteiger partial charge in [0.05, 0.1) is 13.2 Å². The van der Waals surface area contributed by atoms with Gasteiger partial charge in [0.2, 0.25) is 5.91 Å². The third-order valence-corrected chi connectivity index (χ3v) is 5.66. The van der Waals surface area contributed by atoms with Gasteiger partial charge in [0.25, 0.3) is 11.8 Å². The van der Waals surface area contributed by atoms with E-state index in [0.717, 1.165) is 6.42 Å². The molecule has 1 aromatic rings. The molecule has 1 fully saturated rings. The summed E-state index contributed by atoms with van der Waals surface area (Å²) in [6, 6.07) is 3.97. The summed E-state index contributed by atoms with van der Waals surface area (Å²) in [4.78, 5) is 37.6. The van der Waals surface area contributed by atoms with Crippen LogP contribution in [0.3, 0.4) is 0 Å². The zero-order valence-corrected chi connectivity index (χ0v) is 17.7. The van der Waals surface area contributed by atoms with Gasteiger partial charge in [0, 0.05) is 36.3 Å². The van der Waals surface area contributed by atoms with Crippen molar-refractivity contribution in [3.8, 4) is 0 Å². The Labute approximate surface area is 184 Å². The Bertz CT molecular complexity index is 927. The number of carboxylic acids is 1. The minimum absolute atomic E-state index is 0.0723. The maximum Gasteiger partial charge on any atom is 0.326 e. The number of carboxylic acid groups (broad SMARTS) is 1. The normalized spacial score (nSPS) is 20.7. The maximum absolute atomic E-state index is 14.7. The van der Waals surface area contributed by atoms with E-state index in [1.54, 1.807) is 6.08 Å². The zero-order valence-electron chi connectivity index (χ0n) is 17.7. The molecule has 1 saturated heterocycles. The highest BCUT2D eigenvalue weighted by Crippen LogP contribution is 2.38. The van der Waals surface area contributed by atoms with Crippen LogP contribution in [0.1, 0.15) is 35.2 Å². The molecule has 2 aliphatic rings. The van der Waals surface area contributed by atoms with E-state index in [-0.39, 0.29) is 35.6 Å². The molecule has 0 bridgehead atoms. The van der Waals surface area contributed by atoms with Gasteiger partial charge in [0.1, 0.15) is 6.04 Å². The molecule has 1 aliphatic carbocycles. The first-order valence-corrected chi connectivity index (χ1v) is 10.4. The molecule has 9 heteroatoms. The molecule has 1 aliphatic heterocycles. The van der Waals surface area contributed by atoms with Gasteiger partial charge in [-0.1, -0.05) is 30.4 Å². The van der Waals surface area contributed by atoms with Crippen LogP contribution in [0.5, 0.6) is 0 Å². The molecule has 3 rings (SSSR count). The molecular formula is C23H26F2N2O5. The van der Waals surface area contributed by atoms with Crippen LogP contribution in [0, 0.1) is 5.92 Å². The fourth-order valence-electron chi connectivity index (χ4n) is 3.99. The average molecular weight is 448 g/mol. The smallest absolute Gasteiger partial charge is 0.326 e. The van der Waals surface area contributed by atoms with Crippen molar-refractivity contribution in [3.05, 3.63) is 59.2 Å². The number of aliphatic carboxylic acids is 1. The molecule has 1 heterocycles. The van der Waals surface area contributed by atoms with Crippen molar-refractivity contribution in [2.24, 2.45) is 5.92 Å². The molecule has 7 nitrogen and oxygen atoms in total. The van der Waals surface area contributed by atoms with Crippen molar-refractivity contribution in [1.82, 2.24) is 10.2 Å². The van der Waals surface area contributed by atoms with Gasteiger partial charge in [-0.15, -0.1) is 0 Å². The first kappa shape index (κ1) is 23.6. The largest absolute Gasteiger partial charge is 0.480 e. The van der Waals surface area contributed by atoms with E-state index in [9.17, 15) is 28.3 Å². The van der Waals surface area contributed by atoms with E-state index in [1.165, 1.54) is 48.4 Å². The van der Waals surface area contributed by atoms with E-state index < -0.39 is 36.3 Å². The Balaban J connectivity index is 1.60. The zero-order chi connectivity index (χ0) is 23.3. The summed E-state index contributed by atoms with van der Waals surface area (Å²) in [7, 11) is 1.50. The lowest BCUT2D eigenvalue weighted by molar-refractivity contribution is -0.147. The molecular weight excluding hydrogens is 422 g/mol. The summed E-state index contributed by atoms with van der Waals surface area (Å²) >= 11 is 0. The fourth-order valence-corrected chi connectivity index (χ4v) is 3.99. The highest BCUT2D eigenvalue weighted by molar-refractivity contribution is 5.97. The molecule has 1 aromatic carbocycles. The van der Waals surface area contributed by atoms with E-state index in [2.05, 4.69) is 5.32 Å². The third kappa shape index (κ3) is 5.21. The van der Waals surface area contributed by atoms with Crippen LogP contribution < -0.4 is 5.32 Å². The number of carbonyl (C=O) groups excluding carboxylic acids is 2. The van der Waals surface area contributed by atoms with E-state index in [0.29, 0.717) is 13.0 Å². The van der Waals surface area contributed by atoms with Crippen molar-refractivity contribution in [2.45, 2.75) is 31.2 Å². The monoisotopic (exact) mass is 448 g/mol. The summed E-state index contributed by atoms with van der Waals surface area (Å²) in [5.74, 6) is -5.50. The van der Waals surface area contributed by atoms with Gasteiger partial charge in [-0.3, -0.25) is 9.59 Å².